The van der Waals surface area contributed by atoms with Crippen molar-refractivity contribution in [1.29, 1.82) is 0 Å². The van der Waals surface area contributed by atoms with Crippen LogP contribution in [-0.4, -0.2) is 18.0 Å². The average molecular weight is 369 g/mol. The van der Waals surface area contributed by atoms with E-state index in [1.807, 2.05) is 19.9 Å². The Morgan fingerprint density at radius 3 is 2.54 bits per heavy atom. The van der Waals surface area contributed by atoms with Crippen molar-refractivity contribution in [3.63, 3.8) is 0 Å². The summed E-state index contributed by atoms with van der Waals surface area (Å²) in [6.45, 7) is 4.44. The highest BCUT2D eigenvalue weighted by Crippen LogP contribution is 2.39. The van der Waals surface area contributed by atoms with Gasteiger partial charge in [0.25, 0.3) is 5.91 Å². The standard InChI is InChI=1S/C18H21FN2OS.ClH/c1-11-15(12-3-7-14(19)8-4-12)9-16(23-11)17(22)21-18(2,10-20)13-5-6-13;/h3-4,7-9,13H,5-6,10,20H2,1-2H3,(H,21,22);1H. The first-order valence-corrected chi connectivity index (χ1v) is 8.63. The van der Waals surface area contributed by atoms with Gasteiger partial charge >= 0.3 is 0 Å². The van der Waals surface area contributed by atoms with Crippen molar-refractivity contribution in [1.82, 2.24) is 5.32 Å². The van der Waals surface area contributed by atoms with Crippen LogP contribution < -0.4 is 11.1 Å². The number of carbonyl (C=O) groups is 1. The number of rotatable bonds is 5. The first kappa shape index (κ1) is 18.9. The number of benzene rings is 1. The van der Waals surface area contributed by atoms with Gasteiger partial charge in [-0.1, -0.05) is 12.1 Å². The maximum atomic E-state index is 13.1. The molecule has 1 aromatic heterocycles. The van der Waals surface area contributed by atoms with Crippen LogP contribution in [0.1, 0.15) is 34.3 Å². The van der Waals surface area contributed by atoms with Gasteiger partial charge in [-0.2, -0.15) is 0 Å². The zero-order valence-electron chi connectivity index (χ0n) is 13.8. The average Bonchev–Trinajstić information content (AvgIpc) is 3.32. The van der Waals surface area contributed by atoms with Crippen molar-refractivity contribution in [2.45, 2.75) is 32.2 Å². The largest absolute Gasteiger partial charge is 0.345 e. The molecule has 0 spiro atoms. The monoisotopic (exact) mass is 368 g/mol. The Hall–Kier alpha value is -1.43. The Labute approximate surface area is 151 Å². The second-order valence-electron chi connectivity index (χ2n) is 6.44. The van der Waals surface area contributed by atoms with Gasteiger partial charge in [0.1, 0.15) is 5.82 Å². The van der Waals surface area contributed by atoms with Crippen molar-refractivity contribution in [3.8, 4) is 11.1 Å². The zero-order chi connectivity index (χ0) is 16.6. The molecule has 1 atom stereocenters. The van der Waals surface area contributed by atoms with Crippen LogP contribution in [0.3, 0.4) is 0 Å². The van der Waals surface area contributed by atoms with Gasteiger partial charge in [-0.15, -0.1) is 23.7 Å². The quantitative estimate of drug-likeness (QED) is 0.833. The van der Waals surface area contributed by atoms with E-state index in [0.717, 1.165) is 28.8 Å². The van der Waals surface area contributed by atoms with E-state index >= 15 is 0 Å². The van der Waals surface area contributed by atoms with E-state index in [2.05, 4.69) is 5.32 Å². The molecular formula is C18H22ClFN2OS. The Bertz CT molecular complexity index is 727. The number of hydrogen-bond acceptors (Lipinski definition) is 3. The molecular weight excluding hydrogens is 347 g/mol. The number of halogens is 2. The molecule has 1 heterocycles. The molecule has 24 heavy (non-hydrogen) atoms. The molecule has 1 unspecified atom stereocenters. The van der Waals surface area contributed by atoms with Crippen LogP contribution in [0.15, 0.2) is 30.3 Å². The molecule has 0 saturated heterocycles. The maximum Gasteiger partial charge on any atom is 0.261 e. The normalized spacial score (nSPS) is 16.2. The van der Waals surface area contributed by atoms with E-state index in [9.17, 15) is 9.18 Å². The van der Waals surface area contributed by atoms with Crippen LogP contribution in [-0.2, 0) is 0 Å². The predicted octanol–water partition coefficient (Wildman–Crippen LogP) is 4.14. The summed E-state index contributed by atoms with van der Waals surface area (Å²) in [6.07, 6.45) is 2.25. The van der Waals surface area contributed by atoms with Gasteiger partial charge in [0, 0.05) is 11.4 Å². The number of aryl methyl sites for hydroxylation is 1. The summed E-state index contributed by atoms with van der Waals surface area (Å²) >= 11 is 1.46. The van der Waals surface area contributed by atoms with Crippen molar-refractivity contribution >= 4 is 29.7 Å². The zero-order valence-corrected chi connectivity index (χ0v) is 15.4. The van der Waals surface area contributed by atoms with Gasteiger partial charge in [0.15, 0.2) is 0 Å². The van der Waals surface area contributed by atoms with E-state index in [4.69, 9.17) is 5.73 Å². The number of thiophene rings is 1. The topological polar surface area (TPSA) is 55.1 Å². The van der Waals surface area contributed by atoms with Crippen LogP contribution in [0.5, 0.6) is 0 Å². The Kier molecular flexibility index (Phi) is 5.68. The minimum atomic E-state index is -0.328. The van der Waals surface area contributed by atoms with Gasteiger partial charge in [-0.25, -0.2) is 4.39 Å². The molecule has 1 saturated carbocycles. The summed E-state index contributed by atoms with van der Waals surface area (Å²) in [4.78, 5) is 14.3. The summed E-state index contributed by atoms with van der Waals surface area (Å²) in [6, 6.07) is 8.22. The second kappa shape index (κ2) is 7.21. The minimum absolute atomic E-state index is 0. The summed E-state index contributed by atoms with van der Waals surface area (Å²) < 4.78 is 13.1. The van der Waals surface area contributed by atoms with Crippen molar-refractivity contribution in [3.05, 3.63) is 45.9 Å². The lowest BCUT2D eigenvalue weighted by molar-refractivity contribution is 0.0902. The molecule has 1 aliphatic carbocycles. The molecule has 1 amide bonds. The molecule has 3 nitrogen and oxygen atoms in total. The molecule has 0 aliphatic heterocycles. The molecule has 1 aliphatic rings. The molecule has 3 rings (SSSR count). The number of nitrogens with two attached hydrogens (primary N) is 1. The van der Waals surface area contributed by atoms with E-state index < -0.39 is 0 Å². The van der Waals surface area contributed by atoms with E-state index in [-0.39, 0.29) is 29.7 Å². The third kappa shape index (κ3) is 3.79. The molecule has 3 N–H and O–H groups in total. The first-order valence-electron chi connectivity index (χ1n) is 7.82. The van der Waals surface area contributed by atoms with Crippen molar-refractivity contribution in [2.75, 3.05) is 6.54 Å². The fraction of sp³-hybridized carbons (Fsp3) is 0.389. The molecule has 1 aromatic carbocycles. The smallest absolute Gasteiger partial charge is 0.261 e. The fourth-order valence-electron chi connectivity index (χ4n) is 2.87. The first-order chi connectivity index (χ1) is 10.9. The van der Waals surface area contributed by atoms with Crippen molar-refractivity contribution in [2.24, 2.45) is 11.7 Å². The number of amides is 1. The van der Waals surface area contributed by atoms with Crippen LogP contribution >= 0.6 is 23.7 Å². The van der Waals surface area contributed by atoms with Crippen LogP contribution in [0.2, 0.25) is 0 Å². The molecule has 130 valence electrons. The highest BCUT2D eigenvalue weighted by molar-refractivity contribution is 7.14. The minimum Gasteiger partial charge on any atom is -0.345 e. The Balaban J connectivity index is 0.00000208. The van der Waals surface area contributed by atoms with Crippen molar-refractivity contribution < 1.29 is 9.18 Å². The molecule has 0 radical (unpaired) electrons. The molecule has 0 bridgehead atoms. The van der Waals surface area contributed by atoms with Gasteiger partial charge in [0.05, 0.1) is 10.4 Å². The SMILES string of the molecule is Cc1sc(C(=O)NC(C)(CN)C2CC2)cc1-c1ccc(F)cc1.Cl. The fourth-order valence-corrected chi connectivity index (χ4v) is 3.81. The van der Waals surface area contributed by atoms with Crippen LogP contribution in [0, 0.1) is 18.7 Å². The third-order valence-corrected chi connectivity index (χ3v) is 5.65. The summed E-state index contributed by atoms with van der Waals surface area (Å²) in [5, 5.41) is 3.11. The van der Waals surface area contributed by atoms with Crippen LogP contribution in [0.25, 0.3) is 11.1 Å². The third-order valence-electron chi connectivity index (χ3n) is 4.60. The van der Waals surface area contributed by atoms with Gasteiger partial charge in [-0.3, -0.25) is 4.79 Å². The number of carbonyl (C=O) groups excluding carboxylic acids is 1. The molecule has 2 aromatic rings. The van der Waals surface area contributed by atoms with Gasteiger partial charge < -0.3 is 11.1 Å². The summed E-state index contributed by atoms with van der Waals surface area (Å²) in [5.41, 5.74) is 7.43. The maximum absolute atomic E-state index is 13.1. The Morgan fingerprint density at radius 1 is 1.38 bits per heavy atom. The van der Waals surface area contributed by atoms with E-state index in [1.54, 1.807) is 12.1 Å². The highest BCUT2D eigenvalue weighted by atomic mass is 35.5. The lowest BCUT2D eigenvalue weighted by Crippen LogP contribution is -2.53. The summed E-state index contributed by atoms with van der Waals surface area (Å²) in [7, 11) is 0. The highest BCUT2D eigenvalue weighted by Gasteiger charge is 2.41. The number of nitrogens with one attached hydrogen (secondary N) is 1. The second-order valence-corrected chi connectivity index (χ2v) is 7.69. The lowest BCUT2D eigenvalue weighted by atomic mass is 9.96. The Morgan fingerprint density at radius 2 is 2.00 bits per heavy atom. The van der Waals surface area contributed by atoms with E-state index in [0.29, 0.717) is 17.3 Å². The number of hydrogen-bond donors (Lipinski definition) is 2. The van der Waals surface area contributed by atoms with Gasteiger partial charge in [0.2, 0.25) is 0 Å². The molecule has 6 heteroatoms. The predicted molar refractivity (Wildman–Crippen MR) is 99.3 cm³/mol. The molecule has 1 fully saturated rings. The van der Waals surface area contributed by atoms with Crippen LogP contribution in [0.4, 0.5) is 4.39 Å². The summed E-state index contributed by atoms with van der Waals surface area (Å²) in [5.74, 6) is 0.142. The lowest BCUT2D eigenvalue weighted by Gasteiger charge is -2.29. The van der Waals surface area contributed by atoms with Gasteiger partial charge in [-0.05, 0) is 61.9 Å². The van der Waals surface area contributed by atoms with E-state index in [1.165, 1.54) is 23.5 Å².